The Balaban J connectivity index is 1.45. The summed E-state index contributed by atoms with van der Waals surface area (Å²) >= 11 is 0. The van der Waals surface area contributed by atoms with Gasteiger partial charge < -0.3 is 19.8 Å². The summed E-state index contributed by atoms with van der Waals surface area (Å²) in [6, 6.07) is 21.4. The average Bonchev–Trinajstić information content (AvgIpc) is 3.27. The zero-order valence-corrected chi connectivity index (χ0v) is 18.7. The first-order chi connectivity index (χ1) is 16.5. The van der Waals surface area contributed by atoms with Crippen LogP contribution in [-0.2, 0) is 16.0 Å². The van der Waals surface area contributed by atoms with E-state index in [2.05, 4.69) is 10.3 Å². The highest BCUT2D eigenvalue weighted by Crippen LogP contribution is 2.25. The zero-order chi connectivity index (χ0) is 23.9. The Hall–Kier alpha value is -4.39. The van der Waals surface area contributed by atoms with Crippen LogP contribution in [0.1, 0.15) is 39.6 Å². The minimum absolute atomic E-state index is 0.112. The Morgan fingerprint density at radius 1 is 0.912 bits per heavy atom. The third-order valence-corrected chi connectivity index (χ3v) is 5.22. The molecule has 7 heteroatoms. The molecule has 0 saturated heterocycles. The maximum Gasteiger partial charge on any atom is 0.345 e. The van der Waals surface area contributed by atoms with Crippen molar-refractivity contribution in [3.8, 4) is 5.75 Å². The Kier molecular flexibility index (Phi) is 7.03. The lowest BCUT2D eigenvalue weighted by molar-refractivity contribution is -0.116. The number of esters is 2. The van der Waals surface area contributed by atoms with Crippen molar-refractivity contribution in [3.05, 3.63) is 95.7 Å². The molecule has 0 saturated carbocycles. The van der Waals surface area contributed by atoms with Crippen LogP contribution in [-0.4, -0.2) is 29.4 Å². The molecule has 0 bridgehead atoms. The molecular weight excluding hydrogens is 432 g/mol. The number of carbonyl (C=O) groups is 3. The third kappa shape index (κ3) is 5.50. The number of amides is 1. The number of anilines is 1. The van der Waals surface area contributed by atoms with E-state index in [9.17, 15) is 14.4 Å². The lowest BCUT2D eigenvalue weighted by Gasteiger charge is -2.08. The largest absolute Gasteiger partial charge is 0.462 e. The molecule has 34 heavy (non-hydrogen) atoms. The molecule has 1 amide bonds. The number of hydrogen-bond acceptors (Lipinski definition) is 5. The lowest BCUT2D eigenvalue weighted by atomic mass is 10.1. The molecule has 2 N–H and O–H groups in total. The van der Waals surface area contributed by atoms with Crippen LogP contribution in [0.15, 0.2) is 79.0 Å². The standard InChI is InChI=1S/C27H24N2O5/c1-2-33-26(31)19-9-6-10-21(15-19)34-27(32)23-17-28-24-13-12-20(16-22(23)24)29-25(30)14-11-18-7-4-3-5-8-18/h3-10,12-13,15-17,28H,2,11,14H2,1H3,(H,29,30). The van der Waals surface area contributed by atoms with E-state index in [0.717, 1.165) is 11.1 Å². The van der Waals surface area contributed by atoms with Gasteiger partial charge in [0.25, 0.3) is 0 Å². The normalized spacial score (nSPS) is 10.6. The van der Waals surface area contributed by atoms with Gasteiger partial charge in [0.05, 0.1) is 17.7 Å². The van der Waals surface area contributed by atoms with Gasteiger partial charge in [-0.1, -0.05) is 36.4 Å². The molecular formula is C27H24N2O5. The fourth-order valence-corrected chi connectivity index (χ4v) is 3.56. The van der Waals surface area contributed by atoms with E-state index >= 15 is 0 Å². The summed E-state index contributed by atoms with van der Waals surface area (Å²) in [5.74, 6) is -0.950. The predicted molar refractivity (Wildman–Crippen MR) is 129 cm³/mol. The molecule has 0 spiro atoms. The second-order valence-corrected chi connectivity index (χ2v) is 7.63. The van der Waals surface area contributed by atoms with E-state index < -0.39 is 11.9 Å². The number of hydrogen-bond donors (Lipinski definition) is 2. The molecule has 7 nitrogen and oxygen atoms in total. The van der Waals surface area contributed by atoms with Gasteiger partial charge in [0.15, 0.2) is 0 Å². The molecule has 172 valence electrons. The van der Waals surface area contributed by atoms with Crippen LogP contribution < -0.4 is 10.1 Å². The summed E-state index contributed by atoms with van der Waals surface area (Å²) < 4.78 is 10.5. The molecule has 0 aliphatic heterocycles. The monoisotopic (exact) mass is 456 g/mol. The van der Waals surface area contributed by atoms with E-state index in [1.165, 1.54) is 6.07 Å². The Bertz CT molecular complexity index is 1330. The maximum absolute atomic E-state index is 12.8. The number of carbonyl (C=O) groups excluding carboxylic acids is 3. The number of aromatic amines is 1. The molecule has 0 unspecified atom stereocenters. The number of aryl methyl sites for hydroxylation is 1. The highest BCUT2D eigenvalue weighted by Gasteiger charge is 2.16. The van der Waals surface area contributed by atoms with Crippen molar-refractivity contribution in [3.63, 3.8) is 0 Å². The van der Waals surface area contributed by atoms with Crippen molar-refractivity contribution in [2.75, 3.05) is 11.9 Å². The molecule has 0 fully saturated rings. The molecule has 1 aromatic heterocycles. The van der Waals surface area contributed by atoms with E-state index in [0.29, 0.717) is 35.0 Å². The number of nitrogens with one attached hydrogen (secondary N) is 2. The maximum atomic E-state index is 12.8. The smallest absolute Gasteiger partial charge is 0.345 e. The molecule has 0 radical (unpaired) electrons. The minimum Gasteiger partial charge on any atom is -0.462 e. The van der Waals surface area contributed by atoms with Gasteiger partial charge in [-0.2, -0.15) is 0 Å². The van der Waals surface area contributed by atoms with Crippen LogP contribution in [0.25, 0.3) is 10.9 Å². The van der Waals surface area contributed by atoms with Crippen molar-refractivity contribution >= 4 is 34.4 Å². The number of rotatable bonds is 8. The number of H-pyrrole nitrogens is 1. The van der Waals surface area contributed by atoms with Crippen molar-refractivity contribution in [1.29, 1.82) is 0 Å². The van der Waals surface area contributed by atoms with Gasteiger partial charge in [-0.25, -0.2) is 9.59 Å². The second-order valence-electron chi connectivity index (χ2n) is 7.63. The second kappa shape index (κ2) is 10.5. The number of aromatic nitrogens is 1. The third-order valence-electron chi connectivity index (χ3n) is 5.22. The van der Waals surface area contributed by atoms with Crippen LogP contribution in [0.3, 0.4) is 0 Å². The summed E-state index contributed by atoms with van der Waals surface area (Å²) in [6.45, 7) is 1.97. The topological polar surface area (TPSA) is 97.5 Å². The summed E-state index contributed by atoms with van der Waals surface area (Å²) in [7, 11) is 0. The zero-order valence-electron chi connectivity index (χ0n) is 18.7. The predicted octanol–water partition coefficient (Wildman–Crippen LogP) is 5.14. The Morgan fingerprint density at radius 3 is 2.53 bits per heavy atom. The van der Waals surface area contributed by atoms with Crippen LogP contribution in [0, 0.1) is 0 Å². The summed E-state index contributed by atoms with van der Waals surface area (Å²) in [4.78, 5) is 40.2. The van der Waals surface area contributed by atoms with Gasteiger partial charge in [0, 0.05) is 29.2 Å². The first-order valence-electron chi connectivity index (χ1n) is 11.0. The number of benzene rings is 3. The van der Waals surface area contributed by atoms with Crippen molar-refractivity contribution < 1.29 is 23.9 Å². The van der Waals surface area contributed by atoms with E-state index in [-0.39, 0.29) is 18.3 Å². The van der Waals surface area contributed by atoms with Crippen LogP contribution in [0.4, 0.5) is 5.69 Å². The van der Waals surface area contributed by atoms with Crippen LogP contribution in [0.2, 0.25) is 0 Å². The SMILES string of the molecule is CCOC(=O)c1cccc(OC(=O)c2c[nH]c3ccc(NC(=O)CCc4ccccc4)cc23)c1. The van der Waals surface area contributed by atoms with Crippen molar-refractivity contribution in [2.45, 2.75) is 19.8 Å². The summed E-state index contributed by atoms with van der Waals surface area (Å²) in [5, 5.41) is 3.50. The molecule has 4 aromatic rings. The van der Waals surface area contributed by atoms with Crippen LogP contribution in [0.5, 0.6) is 5.75 Å². The molecule has 0 aliphatic rings. The van der Waals surface area contributed by atoms with E-state index in [1.807, 2.05) is 30.3 Å². The van der Waals surface area contributed by atoms with Gasteiger partial charge in [-0.15, -0.1) is 0 Å². The van der Waals surface area contributed by atoms with Gasteiger partial charge in [0.2, 0.25) is 5.91 Å². The average molecular weight is 456 g/mol. The van der Waals surface area contributed by atoms with Gasteiger partial charge in [0.1, 0.15) is 5.75 Å². The van der Waals surface area contributed by atoms with Crippen molar-refractivity contribution in [1.82, 2.24) is 4.98 Å². The summed E-state index contributed by atoms with van der Waals surface area (Å²) in [5.41, 5.74) is 3.03. The summed E-state index contributed by atoms with van der Waals surface area (Å²) in [6.07, 6.45) is 2.55. The fraction of sp³-hybridized carbons (Fsp3) is 0.148. The molecule has 3 aromatic carbocycles. The van der Waals surface area contributed by atoms with Gasteiger partial charge in [-0.3, -0.25) is 4.79 Å². The fourth-order valence-electron chi connectivity index (χ4n) is 3.56. The van der Waals surface area contributed by atoms with E-state index in [4.69, 9.17) is 9.47 Å². The highest BCUT2D eigenvalue weighted by atomic mass is 16.5. The quantitative estimate of drug-likeness (QED) is 0.283. The first-order valence-corrected chi connectivity index (χ1v) is 11.0. The highest BCUT2D eigenvalue weighted by molar-refractivity contribution is 6.06. The number of ether oxygens (including phenoxy) is 2. The molecule has 4 rings (SSSR count). The van der Waals surface area contributed by atoms with Crippen molar-refractivity contribution in [2.24, 2.45) is 0 Å². The number of fused-ring (bicyclic) bond motifs is 1. The van der Waals surface area contributed by atoms with Gasteiger partial charge in [-0.05, 0) is 55.3 Å². The van der Waals surface area contributed by atoms with Crippen LogP contribution >= 0.6 is 0 Å². The van der Waals surface area contributed by atoms with Gasteiger partial charge >= 0.3 is 11.9 Å². The molecule has 1 heterocycles. The Morgan fingerprint density at radius 2 is 1.74 bits per heavy atom. The van der Waals surface area contributed by atoms with E-state index in [1.54, 1.807) is 49.5 Å². The molecule has 0 aliphatic carbocycles. The Labute approximate surface area is 196 Å². The first kappa shape index (κ1) is 22.8. The molecule has 0 atom stereocenters. The lowest BCUT2D eigenvalue weighted by Crippen LogP contribution is -2.12. The minimum atomic E-state index is -0.584.